The molecule has 1 nitrogen and oxygen atoms in total. The maximum absolute atomic E-state index is 11.5. The summed E-state index contributed by atoms with van der Waals surface area (Å²) in [6.07, 6.45) is 2.97. The first-order chi connectivity index (χ1) is 5.43. The molecule has 1 unspecified atom stereocenters. The molecule has 1 rings (SSSR count). The fourth-order valence-corrected chi connectivity index (χ4v) is 1.62. The first-order valence-corrected chi connectivity index (χ1v) is 4.96. The Morgan fingerprint density at radius 3 is 2.33 bits per heavy atom. The molecule has 1 saturated carbocycles. The summed E-state index contributed by atoms with van der Waals surface area (Å²) in [5.74, 6) is 1.54. The van der Waals surface area contributed by atoms with E-state index in [1.807, 2.05) is 0 Å². The molecule has 70 valence electrons. The van der Waals surface area contributed by atoms with Crippen LogP contribution in [-0.2, 0) is 4.79 Å². The Morgan fingerprint density at radius 2 is 2.00 bits per heavy atom. The average Bonchev–Trinajstić information content (AvgIpc) is 2.55. The summed E-state index contributed by atoms with van der Waals surface area (Å²) in [6, 6.07) is 0. The summed E-state index contributed by atoms with van der Waals surface area (Å²) in [5.41, 5.74) is 0.327. The summed E-state index contributed by atoms with van der Waals surface area (Å²) in [4.78, 5) is 11.5. The van der Waals surface area contributed by atoms with Crippen LogP contribution in [0.3, 0.4) is 0 Å². The average molecular weight is 168 g/mol. The molecule has 0 bridgehead atoms. The second kappa shape index (κ2) is 3.20. The van der Waals surface area contributed by atoms with Gasteiger partial charge >= 0.3 is 0 Å². The summed E-state index contributed by atoms with van der Waals surface area (Å²) >= 11 is 0. The molecule has 0 amide bonds. The van der Waals surface area contributed by atoms with Crippen molar-refractivity contribution in [1.82, 2.24) is 0 Å². The normalized spacial score (nSPS) is 25.9. The standard InChI is InChI=1S/C11H20O/c1-8(2)5-6-10(12)9-7-11(9,3)4/h8-9H,5-7H2,1-4H3. The maximum Gasteiger partial charge on any atom is 0.136 e. The Balaban J connectivity index is 2.23. The zero-order chi connectivity index (χ0) is 9.35. The molecule has 0 aliphatic heterocycles. The fraction of sp³-hybridized carbons (Fsp3) is 0.909. The molecule has 0 aromatic carbocycles. The molecule has 0 aromatic heterocycles. The lowest BCUT2D eigenvalue weighted by atomic mass is 10.00. The second-order valence-corrected chi connectivity index (χ2v) is 5.14. The Morgan fingerprint density at radius 1 is 1.50 bits per heavy atom. The third-order valence-corrected chi connectivity index (χ3v) is 2.87. The molecule has 1 fully saturated rings. The van der Waals surface area contributed by atoms with Crippen molar-refractivity contribution in [3.05, 3.63) is 0 Å². The summed E-state index contributed by atoms with van der Waals surface area (Å²) in [7, 11) is 0. The minimum absolute atomic E-state index is 0.327. The van der Waals surface area contributed by atoms with E-state index >= 15 is 0 Å². The second-order valence-electron chi connectivity index (χ2n) is 5.14. The highest BCUT2D eigenvalue weighted by Gasteiger charge is 2.49. The van der Waals surface area contributed by atoms with E-state index in [2.05, 4.69) is 27.7 Å². The van der Waals surface area contributed by atoms with Crippen molar-refractivity contribution in [2.24, 2.45) is 17.3 Å². The predicted octanol–water partition coefficient (Wildman–Crippen LogP) is 3.04. The third-order valence-electron chi connectivity index (χ3n) is 2.87. The number of Topliss-reactive ketones (excluding diaryl/α,β-unsaturated/α-hetero) is 1. The van der Waals surface area contributed by atoms with Crippen molar-refractivity contribution < 1.29 is 4.79 Å². The zero-order valence-electron chi connectivity index (χ0n) is 8.68. The molecule has 1 heteroatoms. The molecule has 12 heavy (non-hydrogen) atoms. The van der Waals surface area contributed by atoms with Crippen LogP contribution in [0.2, 0.25) is 0 Å². The van der Waals surface area contributed by atoms with E-state index in [0.717, 1.165) is 19.3 Å². The monoisotopic (exact) mass is 168 g/mol. The molecule has 0 heterocycles. The Kier molecular flexibility index (Phi) is 2.60. The number of hydrogen-bond acceptors (Lipinski definition) is 1. The lowest BCUT2D eigenvalue weighted by molar-refractivity contribution is -0.121. The SMILES string of the molecule is CC(C)CCC(=O)C1CC1(C)C. The first kappa shape index (κ1) is 9.76. The van der Waals surface area contributed by atoms with Gasteiger partial charge in [-0.15, -0.1) is 0 Å². The van der Waals surface area contributed by atoms with E-state index in [4.69, 9.17) is 0 Å². The third kappa shape index (κ3) is 2.33. The minimum atomic E-state index is 0.327. The molecule has 0 spiro atoms. The van der Waals surface area contributed by atoms with E-state index in [9.17, 15) is 4.79 Å². The van der Waals surface area contributed by atoms with Crippen molar-refractivity contribution in [2.45, 2.75) is 47.0 Å². The van der Waals surface area contributed by atoms with Crippen LogP contribution in [0.25, 0.3) is 0 Å². The van der Waals surface area contributed by atoms with Crippen LogP contribution in [0.5, 0.6) is 0 Å². The van der Waals surface area contributed by atoms with Crippen LogP contribution < -0.4 is 0 Å². The van der Waals surface area contributed by atoms with Crippen LogP contribution in [0.4, 0.5) is 0 Å². The Labute approximate surface area is 75.5 Å². The van der Waals surface area contributed by atoms with Gasteiger partial charge in [-0.25, -0.2) is 0 Å². The van der Waals surface area contributed by atoms with Gasteiger partial charge < -0.3 is 0 Å². The van der Waals surface area contributed by atoms with E-state index < -0.39 is 0 Å². The van der Waals surface area contributed by atoms with Gasteiger partial charge in [0.1, 0.15) is 5.78 Å². The van der Waals surface area contributed by atoms with Gasteiger partial charge in [0.25, 0.3) is 0 Å². The largest absolute Gasteiger partial charge is 0.299 e. The highest BCUT2D eigenvalue weighted by molar-refractivity contribution is 5.84. The predicted molar refractivity (Wildman–Crippen MR) is 51.0 cm³/mol. The topological polar surface area (TPSA) is 17.1 Å². The minimum Gasteiger partial charge on any atom is -0.299 e. The van der Waals surface area contributed by atoms with E-state index in [0.29, 0.717) is 23.0 Å². The van der Waals surface area contributed by atoms with E-state index in [1.54, 1.807) is 0 Å². The summed E-state index contributed by atoms with van der Waals surface area (Å²) in [5, 5.41) is 0. The van der Waals surface area contributed by atoms with Gasteiger partial charge in [0.15, 0.2) is 0 Å². The molecule has 1 atom stereocenters. The van der Waals surface area contributed by atoms with Crippen molar-refractivity contribution in [1.29, 1.82) is 0 Å². The van der Waals surface area contributed by atoms with Crippen LogP contribution in [-0.4, -0.2) is 5.78 Å². The van der Waals surface area contributed by atoms with Crippen LogP contribution in [0.15, 0.2) is 0 Å². The lowest BCUT2D eigenvalue weighted by Crippen LogP contribution is -2.06. The van der Waals surface area contributed by atoms with Gasteiger partial charge in [0.05, 0.1) is 0 Å². The van der Waals surface area contributed by atoms with E-state index in [1.165, 1.54) is 0 Å². The zero-order valence-corrected chi connectivity index (χ0v) is 8.68. The molecular formula is C11H20O. The van der Waals surface area contributed by atoms with Crippen molar-refractivity contribution in [2.75, 3.05) is 0 Å². The summed E-state index contributed by atoms with van der Waals surface area (Å²) < 4.78 is 0. The van der Waals surface area contributed by atoms with Crippen molar-refractivity contribution in [3.8, 4) is 0 Å². The highest BCUT2D eigenvalue weighted by Crippen LogP contribution is 2.52. The highest BCUT2D eigenvalue weighted by atomic mass is 16.1. The maximum atomic E-state index is 11.5. The Hall–Kier alpha value is -0.330. The van der Waals surface area contributed by atoms with E-state index in [-0.39, 0.29) is 0 Å². The number of carbonyl (C=O) groups is 1. The molecule has 0 saturated heterocycles. The van der Waals surface area contributed by atoms with Crippen LogP contribution in [0.1, 0.15) is 47.0 Å². The lowest BCUT2D eigenvalue weighted by Gasteiger charge is -2.04. The molecule has 1 aliphatic carbocycles. The van der Waals surface area contributed by atoms with Crippen molar-refractivity contribution in [3.63, 3.8) is 0 Å². The number of ketones is 1. The van der Waals surface area contributed by atoms with Gasteiger partial charge in [-0.1, -0.05) is 27.7 Å². The smallest absolute Gasteiger partial charge is 0.136 e. The van der Waals surface area contributed by atoms with Gasteiger partial charge in [-0.2, -0.15) is 0 Å². The van der Waals surface area contributed by atoms with Crippen LogP contribution in [0, 0.1) is 17.3 Å². The van der Waals surface area contributed by atoms with Gasteiger partial charge in [0.2, 0.25) is 0 Å². The Bertz CT molecular complexity index is 179. The molecule has 0 radical (unpaired) electrons. The van der Waals surface area contributed by atoms with Crippen molar-refractivity contribution >= 4 is 5.78 Å². The van der Waals surface area contributed by atoms with Gasteiger partial charge in [-0.3, -0.25) is 4.79 Å². The number of carbonyl (C=O) groups excluding carboxylic acids is 1. The van der Waals surface area contributed by atoms with Gasteiger partial charge in [-0.05, 0) is 24.2 Å². The van der Waals surface area contributed by atoms with Crippen LogP contribution >= 0.6 is 0 Å². The number of hydrogen-bond donors (Lipinski definition) is 0. The van der Waals surface area contributed by atoms with Gasteiger partial charge in [0, 0.05) is 12.3 Å². The molecule has 0 aromatic rings. The first-order valence-electron chi connectivity index (χ1n) is 4.96. The number of rotatable bonds is 4. The quantitative estimate of drug-likeness (QED) is 0.630. The molecule has 1 aliphatic rings. The summed E-state index contributed by atoms with van der Waals surface area (Å²) in [6.45, 7) is 8.71. The molecule has 0 N–H and O–H groups in total. The fourth-order valence-electron chi connectivity index (χ4n) is 1.62. The molecular weight excluding hydrogens is 148 g/mol.